The van der Waals surface area contributed by atoms with Crippen molar-refractivity contribution >= 4 is 22.0 Å². The molecule has 1 fully saturated rings. The number of aromatic nitrogens is 4. The lowest BCUT2D eigenvalue weighted by Gasteiger charge is -2.24. The van der Waals surface area contributed by atoms with Gasteiger partial charge in [0.2, 0.25) is 4.96 Å². The van der Waals surface area contributed by atoms with E-state index in [4.69, 9.17) is 5.10 Å². The summed E-state index contributed by atoms with van der Waals surface area (Å²) in [5, 5.41) is 18.1. The Morgan fingerprint density at radius 2 is 2.05 bits per heavy atom. The second-order valence-corrected chi connectivity index (χ2v) is 6.89. The molecular formula is C15H15N5S. The Bertz CT molecular complexity index is 816. The second kappa shape index (κ2) is 4.27. The van der Waals surface area contributed by atoms with Crippen LogP contribution in [0, 0.1) is 0 Å². The van der Waals surface area contributed by atoms with Crippen molar-refractivity contribution in [2.24, 2.45) is 0 Å². The van der Waals surface area contributed by atoms with Gasteiger partial charge in [-0.05, 0) is 30.9 Å². The molecular weight excluding hydrogens is 282 g/mol. The van der Waals surface area contributed by atoms with Gasteiger partial charge in [0, 0.05) is 24.1 Å². The molecule has 1 N–H and O–H groups in total. The Hall–Kier alpha value is -1.95. The summed E-state index contributed by atoms with van der Waals surface area (Å²) in [6.45, 7) is 0.944. The van der Waals surface area contributed by atoms with E-state index in [1.54, 1.807) is 11.3 Å². The first-order valence-corrected chi connectivity index (χ1v) is 8.24. The lowest BCUT2D eigenvalue weighted by Crippen LogP contribution is -2.21. The summed E-state index contributed by atoms with van der Waals surface area (Å²) in [6, 6.07) is 8.53. The topological polar surface area (TPSA) is 55.1 Å². The molecule has 6 heteroatoms. The minimum Gasteiger partial charge on any atom is -0.384 e. The molecule has 0 bridgehead atoms. The summed E-state index contributed by atoms with van der Waals surface area (Å²) >= 11 is 1.68. The quantitative estimate of drug-likeness (QED) is 0.790. The third-order valence-corrected chi connectivity index (χ3v) is 5.41. The van der Waals surface area contributed by atoms with Crippen LogP contribution in [0.1, 0.15) is 41.1 Å². The third-order valence-electron chi connectivity index (χ3n) is 4.34. The number of rotatable bonds is 2. The fourth-order valence-corrected chi connectivity index (χ4v) is 3.97. The van der Waals surface area contributed by atoms with Crippen molar-refractivity contribution in [3.8, 4) is 0 Å². The van der Waals surface area contributed by atoms with Gasteiger partial charge in [-0.15, -0.1) is 10.2 Å². The first-order valence-electron chi connectivity index (χ1n) is 7.42. The molecule has 5 nitrogen and oxygen atoms in total. The van der Waals surface area contributed by atoms with Crippen LogP contribution >= 0.6 is 11.3 Å². The smallest absolute Gasteiger partial charge is 0.234 e. The zero-order valence-electron chi connectivity index (χ0n) is 11.5. The van der Waals surface area contributed by atoms with E-state index in [0.717, 1.165) is 23.8 Å². The maximum atomic E-state index is 4.80. The molecule has 1 aromatic carbocycles. The average molecular weight is 297 g/mol. The minimum atomic E-state index is 0.429. The van der Waals surface area contributed by atoms with Crippen molar-refractivity contribution in [1.82, 2.24) is 19.8 Å². The van der Waals surface area contributed by atoms with Crippen molar-refractivity contribution in [2.75, 3.05) is 11.9 Å². The van der Waals surface area contributed by atoms with E-state index in [2.05, 4.69) is 39.8 Å². The van der Waals surface area contributed by atoms with Crippen molar-refractivity contribution in [1.29, 1.82) is 0 Å². The van der Waals surface area contributed by atoms with Crippen LogP contribution < -0.4 is 5.32 Å². The molecule has 1 aliphatic carbocycles. The van der Waals surface area contributed by atoms with Crippen LogP contribution in [-0.2, 0) is 6.42 Å². The number of nitrogens with zero attached hydrogens (tertiary/aromatic N) is 4. The molecule has 3 heterocycles. The lowest BCUT2D eigenvalue weighted by atomic mass is 9.95. The zero-order chi connectivity index (χ0) is 13.8. The SMILES string of the molecule is c1ccc2c(c1)CC(c1nn3c(C4CC4)nnc3s1)CN2. The summed E-state index contributed by atoms with van der Waals surface area (Å²) < 4.78 is 1.97. The number of anilines is 1. The molecule has 0 amide bonds. The van der Waals surface area contributed by atoms with Gasteiger partial charge in [0.25, 0.3) is 0 Å². The lowest BCUT2D eigenvalue weighted by molar-refractivity contribution is 0.667. The van der Waals surface area contributed by atoms with Crippen LogP contribution in [0.3, 0.4) is 0 Å². The molecule has 106 valence electrons. The molecule has 1 unspecified atom stereocenters. The number of nitrogens with one attached hydrogen (secondary N) is 1. The normalized spacial score (nSPS) is 21.2. The van der Waals surface area contributed by atoms with Crippen LogP contribution in [0.2, 0.25) is 0 Å². The second-order valence-electron chi connectivity index (χ2n) is 5.91. The van der Waals surface area contributed by atoms with Crippen LogP contribution in [-0.4, -0.2) is 26.4 Å². The van der Waals surface area contributed by atoms with Gasteiger partial charge in [-0.1, -0.05) is 29.5 Å². The third kappa shape index (κ3) is 1.86. The first-order chi connectivity index (χ1) is 10.4. The van der Waals surface area contributed by atoms with Gasteiger partial charge in [-0.3, -0.25) is 0 Å². The molecule has 1 atom stereocenters. The fourth-order valence-electron chi connectivity index (χ4n) is 3.02. The van der Waals surface area contributed by atoms with E-state index < -0.39 is 0 Å². The summed E-state index contributed by atoms with van der Waals surface area (Å²) in [7, 11) is 0. The Morgan fingerprint density at radius 1 is 1.14 bits per heavy atom. The molecule has 3 aromatic rings. The van der Waals surface area contributed by atoms with Gasteiger partial charge in [-0.25, -0.2) is 0 Å². The maximum Gasteiger partial charge on any atom is 0.234 e. The molecule has 0 spiro atoms. The Morgan fingerprint density at radius 3 is 2.95 bits per heavy atom. The largest absolute Gasteiger partial charge is 0.384 e. The molecule has 0 radical (unpaired) electrons. The van der Waals surface area contributed by atoms with Gasteiger partial charge in [0.1, 0.15) is 5.01 Å². The predicted octanol–water partition coefficient (Wildman–Crippen LogP) is 2.82. The first kappa shape index (κ1) is 11.7. The number of benzene rings is 1. The zero-order valence-corrected chi connectivity index (χ0v) is 12.3. The van der Waals surface area contributed by atoms with Crippen molar-refractivity contribution < 1.29 is 0 Å². The summed E-state index contributed by atoms with van der Waals surface area (Å²) in [5.74, 6) is 2.07. The summed E-state index contributed by atoms with van der Waals surface area (Å²) in [5.41, 5.74) is 2.64. The number of para-hydroxylation sites is 1. The highest BCUT2D eigenvalue weighted by Gasteiger charge is 2.31. The summed E-state index contributed by atoms with van der Waals surface area (Å²) in [4.78, 5) is 0.936. The molecule has 21 heavy (non-hydrogen) atoms. The van der Waals surface area contributed by atoms with E-state index >= 15 is 0 Å². The monoisotopic (exact) mass is 297 g/mol. The molecule has 2 aromatic heterocycles. The highest BCUT2D eigenvalue weighted by molar-refractivity contribution is 7.16. The Kier molecular flexibility index (Phi) is 2.38. The summed E-state index contributed by atoms with van der Waals surface area (Å²) in [6.07, 6.45) is 3.50. The van der Waals surface area contributed by atoms with E-state index in [1.807, 2.05) is 4.52 Å². The number of hydrogen-bond donors (Lipinski definition) is 1. The van der Waals surface area contributed by atoms with Crippen molar-refractivity contribution in [2.45, 2.75) is 31.1 Å². The highest BCUT2D eigenvalue weighted by atomic mass is 32.1. The van der Waals surface area contributed by atoms with Gasteiger partial charge < -0.3 is 5.32 Å². The van der Waals surface area contributed by atoms with E-state index in [0.29, 0.717) is 11.8 Å². The van der Waals surface area contributed by atoms with E-state index in [9.17, 15) is 0 Å². The standard InChI is InChI=1S/C15H15N5S/c1-2-4-12-10(3-1)7-11(8-16-12)14-19-20-13(9-5-6-9)17-18-15(20)21-14/h1-4,9,11,16H,5-8H2. The molecule has 0 saturated heterocycles. The van der Waals surface area contributed by atoms with Gasteiger partial charge in [0.15, 0.2) is 5.82 Å². The van der Waals surface area contributed by atoms with E-state index in [-0.39, 0.29) is 0 Å². The van der Waals surface area contributed by atoms with E-state index in [1.165, 1.54) is 29.1 Å². The predicted molar refractivity (Wildman–Crippen MR) is 82.0 cm³/mol. The highest BCUT2D eigenvalue weighted by Crippen LogP contribution is 2.40. The fraction of sp³-hybridized carbons (Fsp3) is 0.400. The molecule has 5 rings (SSSR count). The van der Waals surface area contributed by atoms with Crippen LogP contribution in [0.25, 0.3) is 4.96 Å². The Balaban J connectivity index is 1.50. The van der Waals surface area contributed by atoms with Gasteiger partial charge in [0.05, 0.1) is 0 Å². The van der Waals surface area contributed by atoms with Gasteiger partial charge >= 0.3 is 0 Å². The number of fused-ring (bicyclic) bond motifs is 2. The molecule has 1 saturated carbocycles. The van der Waals surface area contributed by atoms with Crippen molar-refractivity contribution in [3.63, 3.8) is 0 Å². The van der Waals surface area contributed by atoms with Crippen LogP contribution in [0.15, 0.2) is 24.3 Å². The maximum absolute atomic E-state index is 4.80. The average Bonchev–Trinajstić information content (AvgIpc) is 3.15. The minimum absolute atomic E-state index is 0.429. The van der Waals surface area contributed by atoms with Crippen LogP contribution in [0.4, 0.5) is 5.69 Å². The molecule has 2 aliphatic rings. The molecule has 1 aliphatic heterocycles. The van der Waals surface area contributed by atoms with Crippen LogP contribution in [0.5, 0.6) is 0 Å². The van der Waals surface area contributed by atoms with Gasteiger partial charge in [-0.2, -0.15) is 9.61 Å². The number of hydrogen-bond acceptors (Lipinski definition) is 5. The van der Waals surface area contributed by atoms with Crippen molar-refractivity contribution in [3.05, 3.63) is 40.7 Å². The Labute approximate surface area is 126 Å².